The third kappa shape index (κ3) is 2.96. The summed E-state index contributed by atoms with van der Waals surface area (Å²) in [6, 6.07) is 14.4. The lowest BCUT2D eigenvalue weighted by atomic mass is 10.0. The average molecular weight is 310 g/mol. The molecule has 4 rings (SSSR count). The summed E-state index contributed by atoms with van der Waals surface area (Å²) in [6.07, 6.45) is 2.61. The van der Waals surface area contributed by atoms with Crippen LogP contribution in [-0.4, -0.2) is 49.2 Å². The summed E-state index contributed by atoms with van der Waals surface area (Å²) >= 11 is 0. The molecule has 0 spiro atoms. The molecule has 2 saturated heterocycles. The first-order valence-corrected chi connectivity index (χ1v) is 8.43. The highest BCUT2D eigenvalue weighted by molar-refractivity contribution is 6.06. The Hall–Kier alpha value is -1.91. The van der Waals surface area contributed by atoms with Crippen molar-refractivity contribution in [1.29, 1.82) is 0 Å². The lowest BCUT2D eigenvalue weighted by Crippen LogP contribution is -2.50. The number of carbonyl (C=O) groups is 1. The van der Waals surface area contributed by atoms with E-state index in [1.807, 2.05) is 42.5 Å². The van der Waals surface area contributed by atoms with Crippen LogP contribution >= 0.6 is 0 Å². The van der Waals surface area contributed by atoms with Crippen LogP contribution in [0.25, 0.3) is 10.8 Å². The van der Waals surface area contributed by atoms with Gasteiger partial charge in [0.15, 0.2) is 0 Å². The molecule has 0 radical (unpaired) electrons. The van der Waals surface area contributed by atoms with E-state index in [1.54, 1.807) is 0 Å². The van der Waals surface area contributed by atoms with E-state index in [4.69, 9.17) is 4.74 Å². The van der Waals surface area contributed by atoms with E-state index >= 15 is 0 Å². The topological polar surface area (TPSA) is 41.6 Å². The molecule has 23 heavy (non-hydrogen) atoms. The first-order valence-electron chi connectivity index (χ1n) is 8.43. The van der Waals surface area contributed by atoms with Gasteiger partial charge in [-0.25, -0.2) is 0 Å². The predicted octanol–water partition coefficient (Wildman–Crippen LogP) is 2.43. The molecule has 2 aromatic rings. The summed E-state index contributed by atoms with van der Waals surface area (Å²) in [5.74, 6) is -0.0195. The van der Waals surface area contributed by atoms with Crippen molar-refractivity contribution in [2.24, 2.45) is 0 Å². The second-order valence-corrected chi connectivity index (χ2v) is 6.48. The van der Waals surface area contributed by atoms with E-state index in [-0.39, 0.29) is 12.0 Å². The molecular formula is C19H22N2O2. The number of amides is 1. The van der Waals surface area contributed by atoms with Crippen molar-refractivity contribution in [2.45, 2.75) is 25.0 Å². The molecule has 1 amide bonds. The van der Waals surface area contributed by atoms with E-state index in [0.717, 1.165) is 29.5 Å². The fourth-order valence-corrected chi connectivity index (χ4v) is 3.73. The summed E-state index contributed by atoms with van der Waals surface area (Å²) in [5, 5.41) is 5.14. The number of ether oxygens (including phenoxy) is 1. The molecule has 0 unspecified atom stereocenters. The lowest BCUT2D eigenvalue weighted by molar-refractivity contribution is -0.0461. The van der Waals surface area contributed by atoms with Gasteiger partial charge < -0.3 is 10.1 Å². The van der Waals surface area contributed by atoms with Crippen LogP contribution < -0.4 is 5.32 Å². The standard InChI is InChI=1S/C19H22N2O2/c22-19(18-9-3-6-14-5-1-2-8-17(14)18)20-11-16-12-21-10-4-7-15(21)13-23-16/h1-3,5-6,8-9,15-16H,4,7,10-13H2,(H,20,22)/t15-,16-/m1/s1. The Morgan fingerprint density at radius 3 is 3.04 bits per heavy atom. The summed E-state index contributed by atoms with van der Waals surface area (Å²) in [5.41, 5.74) is 0.734. The van der Waals surface area contributed by atoms with Gasteiger partial charge in [0.05, 0.1) is 12.7 Å². The van der Waals surface area contributed by atoms with Crippen LogP contribution in [-0.2, 0) is 4.74 Å². The zero-order chi connectivity index (χ0) is 15.6. The van der Waals surface area contributed by atoms with Gasteiger partial charge in [-0.05, 0) is 36.2 Å². The molecule has 0 saturated carbocycles. The van der Waals surface area contributed by atoms with E-state index < -0.39 is 0 Å². The number of rotatable bonds is 3. The van der Waals surface area contributed by atoms with Crippen molar-refractivity contribution in [3.05, 3.63) is 48.0 Å². The molecule has 0 aromatic heterocycles. The fourth-order valence-electron chi connectivity index (χ4n) is 3.73. The van der Waals surface area contributed by atoms with Gasteiger partial charge >= 0.3 is 0 Å². The van der Waals surface area contributed by atoms with Crippen LogP contribution in [0.15, 0.2) is 42.5 Å². The Labute approximate surface area is 136 Å². The van der Waals surface area contributed by atoms with E-state index in [2.05, 4.69) is 10.2 Å². The molecule has 2 fully saturated rings. The van der Waals surface area contributed by atoms with Gasteiger partial charge in [0.25, 0.3) is 5.91 Å². The lowest BCUT2D eigenvalue weighted by Gasteiger charge is -2.35. The summed E-state index contributed by atoms with van der Waals surface area (Å²) in [6.45, 7) is 3.47. The van der Waals surface area contributed by atoms with Gasteiger partial charge in [-0.3, -0.25) is 9.69 Å². The van der Waals surface area contributed by atoms with Crippen molar-refractivity contribution in [1.82, 2.24) is 10.2 Å². The SMILES string of the molecule is O=C(NC[C@@H]1CN2CCC[C@@H]2CO1)c1cccc2ccccc12. The zero-order valence-corrected chi connectivity index (χ0v) is 13.2. The third-order valence-electron chi connectivity index (χ3n) is 4.99. The second-order valence-electron chi connectivity index (χ2n) is 6.48. The number of carbonyl (C=O) groups excluding carboxylic acids is 1. The second kappa shape index (κ2) is 6.30. The maximum absolute atomic E-state index is 12.5. The third-order valence-corrected chi connectivity index (χ3v) is 4.99. The Balaban J connectivity index is 1.41. The smallest absolute Gasteiger partial charge is 0.252 e. The van der Waals surface area contributed by atoms with Crippen LogP contribution in [0.5, 0.6) is 0 Å². The minimum Gasteiger partial charge on any atom is -0.373 e. The van der Waals surface area contributed by atoms with Gasteiger partial charge in [-0.2, -0.15) is 0 Å². The van der Waals surface area contributed by atoms with E-state index in [9.17, 15) is 4.79 Å². The highest BCUT2D eigenvalue weighted by Crippen LogP contribution is 2.22. The molecule has 2 aliphatic heterocycles. The van der Waals surface area contributed by atoms with Gasteiger partial charge in [0.1, 0.15) is 0 Å². The summed E-state index contributed by atoms with van der Waals surface area (Å²) in [7, 11) is 0. The Bertz CT molecular complexity index is 710. The number of nitrogens with one attached hydrogen (secondary N) is 1. The minimum atomic E-state index is -0.0195. The molecule has 0 bridgehead atoms. The molecule has 2 heterocycles. The van der Waals surface area contributed by atoms with E-state index in [0.29, 0.717) is 12.6 Å². The highest BCUT2D eigenvalue weighted by Gasteiger charge is 2.32. The first-order chi connectivity index (χ1) is 11.3. The van der Waals surface area contributed by atoms with Crippen molar-refractivity contribution in [3.8, 4) is 0 Å². The van der Waals surface area contributed by atoms with Crippen LogP contribution in [0.4, 0.5) is 0 Å². The van der Waals surface area contributed by atoms with Crippen LogP contribution in [0.1, 0.15) is 23.2 Å². The van der Waals surface area contributed by atoms with Crippen molar-refractivity contribution in [2.75, 3.05) is 26.2 Å². The number of hydrogen-bond acceptors (Lipinski definition) is 3. The van der Waals surface area contributed by atoms with Crippen molar-refractivity contribution < 1.29 is 9.53 Å². The predicted molar refractivity (Wildman–Crippen MR) is 90.6 cm³/mol. The van der Waals surface area contributed by atoms with Crippen LogP contribution in [0, 0.1) is 0 Å². The molecular weight excluding hydrogens is 288 g/mol. The largest absolute Gasteiger partial charge is 0.373 e. The van der Waals surface area contributed by atoms with Crippen LogP contribution in [0.3, 0.4) is 0 Å². The fraction of sp³-hybridized carbons (Fsp3) is 0.421. The molecule has 2 aromatic carbocycles. The van der Waals surface area contributed by atoms with Crippen molar-refractivity contribution >= 4 is 16.7 Å². The normalized spacial score (nSPS) is 24.5. The Morgan fingerprint density at radius 1 is 1.22 bits per heavy atom. The zero-order valence-electron chi connectivity index (χ0n) is 13.2. The monoisotopic (exact) mass is 310 g/mol. The van der Waals surface area contributed by atoms with Gasteiger partial charge in [-0.15, -0.1) is 0 Å². The average Bonchev–Trinajstić information content (AvgIpc) is 3.07. The number of nitrogens with zero attached hydrogens (tertiary/aromatic N) is 1. The quantitative estimate of drug-likeness (QED) is 0.947. The highest BCUT2D eigenvalue weighted by atomic mass is 16.5. The molecule has 2 atom stereocenters. The maximum Gasteiger partial charge on any atom is 0.252 e. The first kappa shape index (κ1) is 14.7. The summed E-state index contributed by atoms with van der Waals surface area (Å²) < 4.78 is 5.91. The number of morpholine rings is 1. The number of fused-ring (bicyclic) bond motifs is 2. The van der Waals surface area contributed by atoms with Crippen molar-refractivity contribution in [3.63, 3.8) is 0 Å². The molecule has 4 heteroatoms. The minimum absolute atomic E-state index is 0.0195. The molecule has 0 aliphatic carbocycles. The molecule has 2 aliphatic rings. The summed E-state index contributed by atoms with van der Waals surface area (Å²) in [4.78, 5) is 15.0. The van der Waals surface area contributed by atoms with Gasteiger partial charge in [0, 0.05) is 24.7 Å². The molecule has 120 valence electrons. The molecule has 1 N–H and O–H groups in total. The molecule has 4 nitrogen and oxygen atoms in total. The number of benzene rings is 2. The van der Waals surface area contributed by atoms with Gasteiger partial charge in [-0.1, -0.05) is 36.4 Å². The van der Waals surface area contributed by atoms with Gasteiger partial charge in [0.2, 0.25) is 0 Å². The Morgan fingerprint density at radius 2 is 2.09 bits per heavy atom. The number of hydrogen-bond donors (Lipinski definition) is 1. The van der Waals surface area contributed by atoms with E-state index in [1.165, 1.54) is 19.4 Å². The Kier molecular flexibility index (Phi) is 4.02. The van der Waals surface area contributed by atoms with Crippen LogP contribution in [0.2, 0.25) is 0 Å². The maximum atomic E-state index is 12.5.